The normalized spacial score (nSPS) is 19.8. The first-order valence-electron chi connectivity index (χ1n) is 41.6. The average molecular weight is 1760 g/mol. The Morgan fingerprint density at radius 3 is 1.03 bits per heavy atom. The van der Waals surface area contributed by atoms with E-state index >= 15 is 0 Å². The predicted octanol–water partition coefficient (Wildman–Crippen LogP) is 20.2. The molecule has 2 aliphatic carbocycles. The summed E-state index contributed by atoms with van der Waals surface area (Å²) in [6, 6.07) is 41.5. The highest BCUT2D eigenvalue weighted by atomic mass is 32.2. The van der Waals surface area contributed by atoms with Crippen molar-refractivity contribution in [1.82, 2.24) is 0 Å². The summed E-state index contributed by atoms with van der Waals surface area (Å²) >= 11 is 3.42. The highest BCUT2D eigenvalue weighted by Gasteiger charge is 2.47. The van der Waals surface area contributed by atoms with Crippen LogP contribution in [0.25, 0.3) is 36.5 Å². The van der Waals surface area contributed by atoms with E-state index in [1.165, 1.54) is 59.9 Å². The number of thiophene rings is 1. The van der Waals surface area contributed by atoms with Crippen LogP contribution < -0.4 is 0 Å². The molecule has 0 amide bonds. The number of hydrogen-bond donors (Lipinski definition) is 6. The lowest BCUT2D eigenvalue weighted by atomic mass is 9.82. The van der Waals surface area contributed by atoms with Gasteiger partial charge in [0, 0.05) is 51.4 Å². The van der Waals surface area contributed by atoms with E-state index < -0.39 is 64.0 Å². The van der Waals surface area contributed by atoms with Crippen LogP contribution in [0.4, 0.5) is 0 Å². The number of cyclic esters (lactones) is 1. The monoisotopic (exact) mass is 1760 g/mol. The summed E-state index contributed by atoms with van der Waals surface area (Å²) in [5.41, 5.74) is 2.81. The number of ketones is 2. The maximum atomic E-state index is 12.6. The molecular formula is C100H108O24S2. The van der Waals surface area contributed by atoms with Crippen molar-refractivity contribution in [3.05, 3.63) is 274 Å². The van der Waals surface area contributed by atoms with E-state index in [1.807, 2.05) is 80.4 Å². The van der Waals surface area contributed by atoms with Gasteiger partial charge in [-0.15, -0.1) is 11.3 Å². The Kier molecular flexibility index (Phi) is 34.6. The summed E-state index contributed by atoms with van der Waals surface area (Å²) in [7, 11) is 0. The number of ether oxygens (including phenoxy) is 9. The highest BCUT2D eigenvalue weighted by molar-refractivity contribution is 7.99. The molecule has 4 unspecified atom stereocenters. The second-order valence-electron chi connectivity index (χ2n) is 30.9. The predicted molar refractivity (Wildman–Crippen MR) is 483 cm³/mol. The van der Waals surface area contributed by atoms with Gasteiger partial charge in [0.1, 0.15) is 96.2 Å². The maximum absolute atomic E-state index is 12.6. The van der Waals surface area contributed by atoms with E-state index in [9.17, 15) is 73.8 Å². The van der Waals surface area contributed by atoms with Gasteiger partial charge in [-0.05, 0) is 186 Å². The Morgan fingerprint density at radius 1 is 0.373 bits per heavy atom. The van der Waals surface area contributed by atoms with Crippen molar-refractivity contribution < 1.29 is 116 Å². The van der Waals surface area contributed by atoms with E-state index in [0.29, 0.717) is 109 Å². The average Bonchev–Trinajstić information content (AvgIpc) is 1.58. The summed E-state index contributed by atoms with van der Waals surface area (Å²) < 4.78 is 49.8. The fourth-order valence-electron chi connectivity index (χ4n) is 14.7. The molecule has 0 radical (unpaired) electrons. The zero-order chi connectivity index (χ0) is 91.4. The van der Waals surface area contributed by atoms with Gasteiger partial charge >= 0.3 is 41.8 Å². The molecule has 6 N–H and O–H groups in total. The molecule has 664 valence electrons. The summed E-state index contributed by atoms with van der Waals surface area (Å²) in [5.74, 6) is -3.35. The Hall–Kier alpha value is -12.6. The molecule has 4 saturated heterocycles. The number of phenols is 6. The molecule has 24 nitrogen and oxygen atoms in total. The molecule has 126 heavy (non-hydrogen) atoms. The largest absolute Gasteiger partial charge is 0.507 e. The molecule has 14 rings (SSSR count). The molecule has 4 atom stereocenters. The zero-order valence-corrected chi connectivity index (χ0v) is 73.0. The number of thioether (sulfide) groups is 1. The minimum Gasteiger partial charge on any atom is -0.507 e. The summed E-state index contributed by atoms with van der Waals surface area (Å²) in [6.07, 6.45) is 18.8. The number of carbonyl (C=O) groups excluding carboxylic acids is 9. The van der Waals surface area contributed by atoms with Gasteiger partial charge in [0.25, 0.3) is 5.79 Å². The van der Waals surface area contributed by atoms with Crippen LogP contribution in [0.1, 0.15) is 243 Å². The van der Waals surface area contributed by atoms with Crippen LogP contribution in [0.3, 0.4) is 0 Å². The highest BCUT2D eigenvalue weighted by Crippen LogP contribution is 2.43. The fourth-order valence-corrected chi connectivity index (χ4v) is 16.8. The lowest BCUT2D eigenvalue weighted by Gasteiger charge is -2.35. The Labute approximate surface area is 741 Å². The first-order valence-corrected chi connectivity index (χ1v) is 43.6. The summed E-state index contributed by atoms with van der Waals surface area (Å²) in [5, 5.41) is 61.0. The SMILES string of the molecule is C=Cc1ccc(O)c(C(=O)OC2(CC)CCC(=O)C2)c1.C=Cc1ccc(O)c(C(=O)OC2(CC)CCC(=O)CC2)c1.C=Cc1ccc(O)c(C(=O)OC2(CC)CCC(=O)O2)c1.C=Cc1ccc(O)c(C(=O)OC2(CC)CCSCC2)c1.C=Cc1ccc(O)c(C(=O)OC2(c3ccccc3)CCOC2)c1.C=Cc1ccc(O)c(C(=O)OC2(c3cccs3)CCOC2)c1. The van der Waals surface area contributed by atoms with E-state index in [1.54, 1.807) is 104 Å². The fraction of sp³-hybridized carbons (Fsp3) is 0.330. The van der Waals surface area contributed by atoms with Gasteiger partial charge in [-0.25, -0.2) is 28.8 Å². The molecule has 6 fully saturated rings. The first-order chi connectivity index (χ1) is 60.4. The number of carbonyl (C=O) groups is 9. The molecule has 7 aromatic carbocycles. The van der Waals surface area contributed by atoms with E-state index in [2.05, 4.69) is 39.5 Å². The van der Waals surface area contributed by atoms with Crippen LogP contribution >= 0.6 is 23.1 Å². The van der Waals surface area contributed by atoms with Crippen molar-refractivity contribution >= 4 is 113 Å². The van der Waals surface area contributed by atoms with Crippen molar-refractivity contribution in [2.45, 2.75) is 171 Å². The Morgan fingerprint density at radius 2 is 0.714 bits per heavy atom. The summed E-state index contributed by atoms with van der Waals surface area (Å²) in [4.78, 5) is 109. The lowest BCUT2D eigenvalue weighted by Crippen LogP contribution is -2.38. The minimum absolute atomic E-state index is 0.0261. The van der Waals surface area contributed by atoms with Gasteiger partial charge in [0.15, 0.2) is 11.2 Å². The number of benzene rings is 7. The molecule has 2 saturated carbocycles. The number of esters is 7. The van der Waals surface area contributed by atoms with Gasteiger partial charge in [-0.1, -0.05) is 176 Å². The summed E-state index contributed by atoms with van der Waals surface area (Å²) in [6.45, 7) is 31.3. The number of phenolic OH excluding ortho intramolecular Hbond substituents is 6. The molecule has 5 heterocycles. The van der Waals surface area contributed by atoms with Crippen LogP contribution in [0.2, 0.25) is 0 Å². The zero-order valence-electron chi connectivity index (χ0n) is 71.3. The van der Waals surface area contributed by atoms with E-state index in [-0.39, 0.29) is 104 Å². The van der Waals surface area contributed by atoms with Crippen molar-refractivity contribution in [2.24, 2.45) is 0 Å². The topological polar surface area (TPSA) is 358 Å². The number of aromatic hydroxyl groups is 6. The smallest absolute Gasteiger partial charge is 0.345 e. The van der Waals surface area contributed by atoms with Crippen LogP contribution in [-0.4, -0.2) is 145 Å². The molecule has 4 aliphatic heterocycles. The minimum atomic E-state index is -1.22. The van der Waals surface area contributed by atoms with E-state index in [0.717, 1.165) is 69.0 Å². The van der Waals surface area contributed by atoms with Gasteiger partial charge in [-0.2, -0.15) is 11.8 Å². The molecule has 8 aromatic rings. The van der Waals surface area contributed by atoms with Crippen molar-refractivity contribution in [2.75, 3.05) is 37.9 Å². The van der Waals surface area contributed by atoms with E-state index in [4.69, 9.17) is 42.6 Å². The molecule has 26 heteroatoms. The van der Waals surface area contributed by atoms with Crippen molar-refractivity contribution in [3.63, 3.8) is 0 Å². The van der Waals surface area contributed by atoms with Crippen LogP contribution in [0.5, 0.6) is 34.5 Å². The van der Waals surface area contributed by atoms with Crippen molar-refractivity contribution in [3.8, 4) is 34.5 Å². The standard InChI is InChI=1S/C19H18O4.C17H16O4S.C17H20O4.C16H18O4.C16H20O3S.C15H16O5/c1-2-14-8-9-17(20)16(12-14)18(21)23-19(10-11-22-13-19)15-6-4-3-5-7-15;1-2-12-5-6-14(18)13(10-12)16(19)21-17(7-8-20-11-17)15-4-3-9-22-15;1-3-12-5-6-15(19)14(11-12)16(20)21-17(4-2)9-7-13(18)8-10-17;1-3-11-5-6-14(18)13(9-11)15(19)20-16(4-2)8-7-12(17)10-16;1-3-12-5-6-14(17)13(11-12)15(18)19-16(4-2)7-9-20-10-8-16;1-3-10-5-6-12(16)11(9-10)14(18)20-15(4-2)8-7-13(17)19-15/h2-9,12,20H,1,10-11,13H2;2-6,9-10,18H,1,7-8,11H2;3,5-6,11,19H,1,4,7-10H2,2H3;3,5-6,9,18H,1,4,7-8,10H2,2H3;3,5-6,11,17H,1,4,7-10H2,2H3;3,5-6,9,16H,1,4,7-8H2,2H3. The number of Topliss-reactive ketones (excluding diaryl/α,β-unsaturated/α-hetero) is 2. The Balaban J connectivity index is 0.000000171. The number of rotatable bonds is 24. The van der Waals surface area contributed by atoms with Gasteiger partial charge < -0.3 is 73.3 Å². The van der Waals surface area contributed by atoms with Crippen LogP contribution in [0.15, 0.2) is 197 Å². The third-order valence-electron chi connectivity index (χ3n) is 22.9. The third kappa shape index (κ3) is 25.1. The van der Waals surface area contributed by atoms with Crippen molar-refractivity contribution in [1.29, 1.82) is 0 Å². The van der Waals surface area contributed by atoms with Gasteiger partial charge in [0.2, 0.25) is 0 Å². The molecular weight excluding hydrogens is 1650 g/mol. The lowest BCUT2D eigenvalue weighted by molar-refractivity contribution is -0.190. The Bertz CT molecular complexity index is 5170. The maximum Gasteiger partial charge on any atom is 0.345 e. The molecule has 0 bridgehead atoms. The second-order valence-corrected chi connectivity index (χ2v) is 33.0. The second kappa shape index (κ2) is 44.8. The molecule has 1 aromatic heterocycles. The molecule has 6 aliphatic rings. The third-order valence-corrected chi connectivity index (χ3v) is 24.9. The van der Waals surface area contributed by atoms with Gasteiger partial charge in [-0.3, -0.25) is 14.4 Å². The van der Waals surface area contributed by atoms with Gasteiger partial charge in [0.05, 0.1) is 37.7 Å². The van der Waals surface area contributed by atoms with Crippen LogP contribution in [0, 0.1) is 0 Å². The van der Waals surface area contributed by atoms with Crippen LogP contribution in [-0.2, 0) is 68.2 Å². The first kappa shape index (κ1) is 97.2. The number of hydrogen-bond acceptors (Lipinski definition) is 26. The molecule has 0 spiro atoms. The quantitative estimate of drug-likeness (QED) is 0.0242.